The molecule has 1 aliphatic carbocycles. The Morgan fingerprint density at radius 1 is 1.24 bits per heavy atom. The van der Waals surface area contributed by atoms with Crippen molar-refractivity contribution in [3.63, 3.8) is 0 Å². The Kier molecular flexibility index (Phi) is 5.41. The molecular weight excluding hydrogens is 354 g/mol. The summed E-state index contributed by atoms with van der Waals surface area (Å²) in [7, 11) is 0. The van der Waals surface area contributed by atoms with Gasteiger partial charge in [-0.1, -0.05) is 12.8 Å². The van der Waals surface area contributed by atoms with Crippen molar-refractivity contribution in [2.24, 2.45) is 0 Å². The van der Waals surface area contributed by atoms with Crippen LogP contribution in [-0.4, -0.2) is 45.1 Å². The number of carbonyl (C=O) groups excluding carboxylic acids is 1. The number of likely N-dealkylation sites (tertiary alicyclic amines) is 1. The summed E-state index contributed by atoms with van der Waals surface area (Å²) in [4.78, 5) is 14.4. The Bertz CT molecular complexity index is 687. The highest BCUT2D eigenvalue weighted by molar-refractivity contribution is 8.00. The van der Waals surface area contributed by atoms with Crippen LogP contribution in [0.25, 0.3) is 11.5 Å². The van der Waals surface area contributed by atoms with Crippen LogP contribution in [0.1, 0.15) is 50.3 Å². The lowest BCUT2D eigenvalue weighted by Crippen LogP contribution is -2.39. The second-order valence-electron chi connectivity index (χ2n) is 6.83. The van der Waals surface area contributed by atoms with Gasteiger partial charge >= 0.3 is 0 Å². The molecule has 5 nitrogen and oxygen atoms in total. The lowest BCUT2D eigenvalue weighted by atomic mass is 9.97. The van der Waals surface area contributed by atoms with Crippen LogP contribution in [0.4, 0.5) is 0 Å². The number of rotatable bonds is 5. The molecule has 134 valence electrons. The quantitative estimate of drug-likeness (QED) is 0.782. The van der Waals surface area contributed by atoms with E-state index in [1.807, 2.05) is 33.5 Å². The van der Waals surface area contributed by atoms with E-state index in [0.717, 1.165) is 31.5 Å². The summed E-state index contributed by atoms with van der Waals surface area (Å²) in [5.41, 5.74) is 0.986. The van der Waals surface area contributed by atoms with Crippen LogP contribution >= 0.6 is 23.1 Å². The van der Waals surface area contributed by atoms with Gasteiger partial charge in [0, 0.05) is 35.2 Å². The molecule has 0 bridgehead atoms. The average Bonchev–Trinajstić information content (AvgIpc) is 3.42. The first kappa shape index (κ1) is 17.1. The molecule has 2 aromatic rings. The number of hydrogen-bond acceptors (Lipinski definition) is 6. The van der Waals surface area contributed by atoms with Crippen LogP contribution in [0.5, 0.6) is 0 Å². The predicted molar refractivity (Wildman–Crippen MR) is 101 cm³/mol. The molecule has 0 radical (unpaired) electrons. The molecule has 1 aliphatic heterocycles. The van der Waals surface area contributed by atoms with E-state index in [0.29, 0.717) is 28.7 Å². The summed E-state index contributed by atoms with van der Waals surface area (Å²) in [6, 6.07) is 1.99. The summed E-state index contributed by atoms with van der Waals surface area (Å²) in [6.45, 7) is 1.59. The minimum atomic E-state index is 0.270. The molecule has 2 aromatic heterocycles. The Labute approximate surface area is 156 Å². The average molecular weight is 378 g/mol. The van der Waals surface area contributed by atoms with Crippen molar-refractivity contribution in [1.29, 1.82) is 0 Å². The van der Waals surface area contributed by atoms with E-state index in [4.69, 9.17) is 4.42 Å². The molecule has 0 atom stereocenters. The SMILES string of the molecule is O=C(CSC1CCCC1)N1CCC(c2nnc(-c3ccsc3)o2)CC1. The van der Waals surface area contributed by atoms with Gasteiger partial charge in [-0.3, -0.25) is 4.79 Å². The molecule has 0 spiro atoms. The maximum Gasteiger partial charge on any atom is 0.248 e. The van der Waals surface area contributed by atoms with Crippen LogP contribution in [0, 0.1) is 0 Å². The molecule has 2 aliphatic rings. The lowest BCUT2D eigenvalue weighted by molar-refractivity contribution is -0.129. The van der Waals surface area contributed by atoms with Crippen molar-refractivity contribution >= 4 is 29.0 Å². The van der Waals surface area contributed by atoms with E-state index < -0.39 is 0 Å². The number of carbonyl (C=O) groups is 1. The van der Waals surface area contributed by atoms with Crippen molar-refractivity contribution in [3.8, 4) is 11.5 Å². The minimum Gasteiger partial charge on any atom is -0.420 e. The molecule has 4 rings (SSSR count). The Morgan fingerprint density at radius 2 is 2.04 bits per heavy atom. The van der Waals surface area contributed by atoms with Gasteiger partial charge in [0.15, 0.2) is 0 Å². The molecule has 0 aromatic carbocycles. The van der Waals surface area contributed by atoms with Gasteiger partial charge in [0.1, 0.15) is 0 Å². The van der Waals surface area contributed by atoms with E-state index in [2.05, 4.69) is 10.2 Å². The number of piperidine rings is 1. The first-order chi connectivity index (χ1) is 12.3. The van der Waals surface area contributed by atoms with Crippen LogP contribution in [0.3, 0.4) is 0 Å². The number of thioether (sulfide) groups is 1. The smallest absolute Gasteiger partial charge is 0.248 e. The van der Waals surface area contributed by atoms with Crippen LogP contribution in [-0.2, 0) is 4.79 Å². The number of amides is 1. The topological polar surface area (TPSA) is 59.2 Å². The maximum absolute atomic E-state index is 12.4. The van der Waals surface area contributed by atoms with Crippen molar-refractivity contribution in [3.05, 3.63) is 22.7 Å². The number of hydrogen-bond donors (Lipinski definition) is 0. The highest BCUT2D eigenvalue weighted by Crippen LogP contribution is 2.32. The van der Waals surface area contributed by atoms with Crippen molar-refractivity contribution in [2.45, 2.75) is 49.7 Å². The molecule has 0 unspecified atom stereocenters. The van der Waals surface area contributed by atoms with Crippen molar-refractivity contribution < 1.29 is 9.21 Å². The number of thiophene rings is 1. The summed E-state index contributed by atoms with van der Waals surface area (Å²) < 4.78 is 5.86. The Hall–Kier alpha value is -1.34. The van der Waals surface area contributed by atoms with Crippen LogP contribution in [0.15, 0.2) is 21.2 Å². The molecule has 3 heterocycles. The lowest BCUT2D eigenvalue weighted by Gasteiger charge is -2.30. The van der Waals surface area contributed by atoms with Gasteiger partial charge in [0.05, 0.1) is 5.75 Å². The molecule has 25 heavy (non-hydrogen) atoms. The zero-order chi connectivity index (χ0) is 17.1. The van der Waals surface area contributed by atoms with Gasteiger partial charge < -0.3 is 9.32 Å². The highest BCUT2D eigenvalue weighted by atomic mass is 32.2. The fourth-order valence-corrected chi connectivity index (χ4v) is 5.47. The first-order valence-corrected chi connectivity index (χ1v) is 11.0. The zero-order valence-electron chi connectivity index (χ0n) is 14.2. The van der Waals surface area contributed by atoms with E-state index in [-0.39, 0.29) is 5.92 Å². The summed E-state index contributed by atoms with van der Waals surface area (Å²) >= 11 is 3.48. The molecule has 2 fully saturated rings. The molecule has 1 saturated heterocycles. The summed E-state index contributed by atoms with van der Waals surface area (Å²) in [5.74, 6) is 2.51. The molecule has 1 saturated carbocycles. The third-order valence-corrected chi connectivity index (χ3v) is 7.19. The van der Waals surface area contributed by atoms with Gasteiger partial charge in [0.25, 0.3) is 0 Å². The number of aromatic nitrogens is 2. The fourth-order valence-electron chi connectivity index (χ4n) is 3.61. The van der Waals surface area contributed by atoms with E-state index >= 15 is 0 Å². The third kappa shape index (κ3) is 4.08. The summed E-state index contributed by atoms with van der Waals surface area (Å²) in [6.07, 6.45) is 7.03. The van der Waals surface area contributed by atoms with Crippen molar-refractivity contribution in [1.82, 2.24) is 15.1 Å². The summed E-state index contributed by atoms with van der Waals surface area (Å²) in [5, 5.41) is 13.1. The second-order valence-corrected chi connectivity index (χ2v) is 8.90. The normalized spacial score (nSPS) is 19.6. The predicted octanol–water partition coefficient (Wildman–Crippen LogP) is 4.18. The molecule has 1 amide bonds. The van der Waals surface area contributed by atoms with Gasteiger partial charge in [-0.2, -0.15) is 11.3 Å². The first-order valence-electron chi connectivity index (χ1n) is 9.05. The fraction of sp³-hybridized carbons (Fsp3) is 0.611. The second kappa shape index (κ2) is 7.91. The largest absolute Gasteiger partial charge is 0.420 e. The standard InChI is InChI=1S/C18H23N3O2S2/c22-16(12-25-15-3-1-2-4-15)21-8-5-13(6-9-21)17-19-20-18(23-17)14-7-10-24-11-14/h7,10-11,13,15H,1-6,8-9,12H2. The van der Waals surface area contributed by atoms with Crippen LogP contribution < -0.4 is 0 Å². The minimum absolute atomic E-state index is 0.270. The zero-order valence-corrected chi connectivity index (χ0v) is 15.9. The van der Waals surface area contributed by atoms with Gasteiger partial charge in [0.2, 0.25) is 17.7 Å². The van der Waals surface area contributed by atoms with E-state index in [1.54, 1.807) is 11.3 Å². The van der Waals surface area contributed by atoms with E-state index in [1.165, 1.54) is 25.7 Å². The van der Waals surface area contributed by atoms with Gasteiger partial charge in [-0.25, -0.2) is 0 Å². The molecular formula is C18H23N3O2S2. The molecule has 0 N–H and O–H groups in total. The van der Waals surface area contributed by atoms with Gasteiger partial charge in [-0.15, -0.1) is 22.0 Å². The highest BCUT2D eigenvalue weighted by Gasteiger charge is 2.28. The molecule has 7 heteroatoms. The van der Waals surface area contributed by atoms with Crippen molar-refractivity contribution in [2.75, 3.05) is 18.8 Å². The number of nitrogens with zero attached hydrogens (tertiary/aromatic N) is 3. The monoisotopic (exact) mass is 377 g/mol. The van der Waals surface area contributed by atoms with Gasteiger partial charge in [-0.05, 0) is 37.1 Å². The van der Waals surface area contributed by atoms with E-state index in [9.17, 15) is 4.79 Å². The Morgan fingerprint density at radius 3 is 2.76 bits per heavy atom. The Balaban J connectivity index is 1.27. The van der Waals surface area contributed by atoms with Crippen LogP contribution in [0.2, 0.25) is 0 Å². The maximum atomic E-state index is 12.4. The third-order valence-electron chi connectivity index (χ3n) is 5.15.